The van der Waals surface area contributed by atoms with Crippen molar-refractivity contribution in [3.8, 4) is 11.5 Å². The van der Waals surface area contributed by atoms with Crippen LogP contribution in [0.4, 0.5) is 8.78 Å². The van der Waals surface area contributed by atoms with Crippen molar-refractivity contribution in [2.75, 3.05) is 34.8 Å². The highest BCUT2D eigenvalue weighted by atomic mass is 127. The van der Waals surface area contributed by atoms with Gasteiger partial charge >= 0.3 is 6.61 Å². The largest absolute Gasteiger partial charge is 0.497 e. The summed E-state index contributed by atoms with van der Waals surface area (Å²) in [5.74, 6) is 1.98. The summed E-state index contributed by atoms with van der Waals surface area (Å²) < 4.78 is 40.5. The van der Waals surface area contributed by atoms with Gasteiger partial charge in [0.1, 0.15) is 17.3 Å². The fourth-order valence-electron chi connectivity index (χ4n) is 2.64. The van der Waals surface area contributed by atoms with Crippen LogP contribution in [0.1, 0.15) is 17.4 Å². The molecule has 2 N–H and O–H groups in total. The molecule has 162 valence electrons. The third-order valence-electron chi connectivity index (χ3n) is 4.11. The Kier molecular flexibility index (Phi) is 10.7. The number of ether oxygens (including phenoxy) is 2. The van der Waals surface area contributed by atoms with Crippen molar-refractivity contribution in [1.82, 2.24) is 15.5 Å². The number of halogens is 3. The monoisotopic (exact) mass is 524 g/mol. The molecule has 1 heterocycles. The minimum Gasteiger partial charge on any atom is -0.497 e. The summed E-state index contributed by atoms with van der Waals surface area (Å²) in [7, 11) is 7.05. The number of aliphatic imine (C=N–C) groups is 1. The van der Waals surface area contributed by atoms with Gasteiger partial charge in [0.25, 0.3) is 0 Å². The van der Waals surface area contributed by atoms with E-state index in [9.17, 15) is 8.78 Å². The van der Waals surface area contributed by atoms with E-state index >= 15 is 0 Å². The van der Waals surface area contributed by atoms with E-state index in [1.807, 2.05) is 31.1 Å². The maximum Gasteiger partial charge on any atom is 0.387 e. The number of nitrogens with one attached hydrogen (secondary N) is 2. The van der Waals surface area contributed by atoms with E-state index in [2.05, 4.69) is 20.4 Å². The lowest BCUT2D eigenvalue weighted by Gasteiger charge is -2.24. The lowest BCUT2D eigenvalue weighted by molar-refractivity contribution is -0.0504. The molecule has 0 amide bonds. The molecule has 1 atom stereocenters. The van der Waals surface area contributed by atoms with E-state index in [1.165, 1.54) is 13.2 Å². The van der Waals surface area contributed by atoms with Gasteiger partial charge in [0.05, 0.1) is 19.4 Å². The molecule has 0 saturated heterocycles. The van der Waals surface area contributed by atoms with Crippen molar-refractivity contribution in [3.05, 3.63) is 47.9 Å². The van der Waals surface area contributed by atoms with Gasteiger partial charge in [-0.1, -0.05) is 0 Å². The Hall–Kier alpha value is -2.08. The summed E-state index contributed by atoms with van der Waals surface area (Å²) in [5, 5.41) is 6.31. The maximum atomic E-state index is 12.6. The van der Waals surface area contributed by atoms with Crippen LogP contribution in [0.5, 0.6) is 11.5 Å². The van der Waals surface area contributed by atoms with Gasteiger partial charge in [0, 0.05) is 25.7 Å². The Morgan fingerprint density at radius 3 is 2.55 bits per heavy atom. The Balaban J connectivity index is 0.00000420. The van der Waals surface area contributed by atoms with E-state index in [-0.39, 0.29) is 42.3 Å². The van der Waals surface area contributed by atoms with Gasteiger partial charge in [-0.25, -0.2) is 0 Å². The van der Waals surface area contributed by atoms with Crippen molar-refractivity contribution in [1.29, 1.82) is 0 Å². The zero-order valence-electron chi connectivity index (χ0n) is 16.8. The number of rotatable bonds is 9. The number of alkyl halides is 2. The first-order valence-corrected chi connectivity index (χ1v) is 8.70. The van der Waals surface area contributed by atoms with Crippen LogP contribution in [0.25, 0.3) is 0 Å². The van der Waals surface area contributed by atoms with Gasteiger partial charge in [-0.05, 0) is 44.4 Å². The normalized spacial score (nSPS) is 12.5. The van der Waals surface area contributed by atoms with Gasteiger partial charge in [-0.3, -0.25) is 9.89 Å². The third-order valence-corrected chi connectivity index (χ3v) is 4.11. The first-order chi connectivity index (χ1) is 13.4. The highest BCUT2D eigenvalue weighted by molar-refractivity contribution is 14.0. The fraction of sp³-hybridized carbons (Fsp3) is 0.421. The van der Waals surface area contributed by atoms with Gasteiger partial charge in [-0.2, -0.15) is 8.78 Å². The van der Waals surface area contributed by atoms with Gasteiger partial charge in [0.15, 0.2) is 5.96 Å². The molecular weight excluding hydrogens is 497 g/mol. The van der Waals surface area contributed by atoms with Crippen LogP contribution in [0.15, 0.2) is 46.0 Å². The zero-order chi connectivity index (χ0) is 20.5. The molecule has 0 radical (unpaired) electrons. The van der Waals surface area contributed by atoms with Crippen molar-refractivity contribution in [2.45, 2.75) is 19.2 Å². The summed E-state index contributed by atoms with van der Waals surface area (Å²) in [4.78, 5) is 6.20. The molecule has 0 saturated carbocycles. The van der Waals surface area contributed by atoms with Crippen LogP contribution in [0.2, 0.25) is 0 Å². The number of hydrogen-bond acceptors (Lipinski definition) is 5. The zero-order valence-corrected chi connectivity index (χ0v) is 19.1. The molecule has 10 heteroatoms. The van der Waals surface area contributed by atoms with E-state index in [4.69, 9.17) is 9.15 Å². The predicted octanol–water partition coefficient (Wildman–Crippen LogP) is 3.48. The summed E-state index contributed by atoms with van der Waals surface area (Å²) in [6, 6.07) is 8.42. The van der Waals surface area contributed by atoms with Crippen molar-refractivity contribution >= 4 is 29.9 Å². The molecular formula is C19H27F2IN4O3. The van der Waals surface area contributed by atoms with Crippen molar-refractivity contribution in [2.24, 2.45) is 4.99 Å². The number of guanidine groups is 1. The molecule has 29 heavy (non-hydrogen) atoms. The quantitative estimate of drug-likeness (QED) is 0.298. The number of methoxy groups -OCH3 is 1. The topological polar surface area (TPSA) is 71.3 Å². The minimum atomic E-state index is -2.90. The third kappa shape index (κ3) is 7.69. The number of benzene rings is 1. The van der Waals surface area contributed by atoms with Crippen molar-refractivity contribution in [3.63, 3.8) is 0 Å². The smallest absolute Gasteiger partial charge is 0.387 e. The SMILES string of the molecule is CN=C(NCc1cc(OC)ccc1OC(F)F)NCC(c1ccco1)N(C)C.I. The molecule has 0 fully saturated rings. The first-order valence-electron chi connectivity index (χ1n) is 8.70. The lowest BCUT2D eigenvalue weighted by Crippen LogP contribution is -2.41. The fourth-order valence-corrected chi connectivity index (χ4v) is 2.64. The van der Waals surface area contributed by atoms with Crippen LogP contribution in [0.3, 0.4) is 0 Å². The molecule has 1 aromatic heterocycles. The molecule has 0 aliphatic carbocycles. The minimum absolute atomic E-state index is 0. The van der Waals surface area contributed by atoms with E-state index in [0.29, 0.717) is 23.8 Å². The Morgan fingerprint density at radius 2 is 2.00 bits per heavy atom. The second-order valence-corrected chi connectivity index (χ2v) is 6.15. The molecule has 1 unspecified atom stereocenters. The summed E-state index contributed by atoms with van der Waals surface area (Å²) >= 11 is 0. The van der Waals surface area contributed by atoms with E-state index < -0.39 is 6.61 Å². The first kappa shape index (κ1) is 25.0. The average molecular weight is 524 g/mol. The van der Waals surface area contributed by atoms with Gasteiger partial charge in [-0.15, -0.1) is 24.0 Å². The molecule has 2 rings (SSSR count). The predicted molar refractivity (Wildman–Crippen MR) is 118 cm³/mol. The van der Waals surface area contributed by atoms with Gasteiger partial charge in [0.2, 0.25) is 0 Å². The second-order valence-electron chi connectivity index (χ2n) is 6.15. The Bertz CT molecular complexity index is 758. The number of nitrogens with zero attached hydrogens (tertiary/aromatic N) is 2. The average Bonchev–Trinajstić information content (AvgIpc) is 3.19. The van der Waals surface area contributed by atoms with Gasteiger partial charge < -0.3 is 24.5 Å². The summed E-state index contributed by atoms with van der Waals surface area (Å²) in [6.45, 7) is -2.14. The molecule has 2 aromatic rings. The summed E-state index contributed by atoms with van der Waals surface area (Å²) in [6.07, 6.45) is 1.63. The standard InChI is InChI=1S/C19H26F2N4O3.HI/c1-22-19(24-12-15(25(2)3)17-6-5-9-27-17)23-11-13-10-14(26-4)7-8-16(13)28-18(20)21;/h5-10,15,18H,11-12H2,1-4H3,(H2,22,23,24);1H. The van der Waals surface area contributed by atoms with Crippen LogP contribution in [0, 0.1) is 0 Å². The second kappa shape index (κ2) is 12.5. The molecule has 1 aromatic carbocycles. The van der Waals surface area contributed by atoms with Crippen LogP contribution < -0.4 is 20.1 Å². The highest BCUT2D eigenvalue weighted by Crippen LogP contribution is 2.25. The molecule has 0 aliphatic heterocycles. The molecule has 0 bridgehead atoms. The van der Waals surface area contributed by atoms with Crippen LogP contribution in [-0.2, 0) is 6.54 Å². The Labute approximate surface area is 186 Å². The van der Waals surface area contributed by atoms with Crippen LogP contribution >= 0.6 is 24.0 Å². The maximum absolute atomic E-state index is 12.6. The molecule has 0 aliphatic rings. The van der Waals surface area contributed by atoms with Crippen molar-refractivity contribution < 1.29 is 22.7 Å². The van der Waals surface area contributed by atoms with E-state index in [0.717, 1.165) is 5.76 Å². The summed E-state index contributed by atoms with van der Waals surface area (Å²) in [5.41, 5.74) is 0.526. The number of furan rings is 1. The number of hydrogen-bond donors (Lipinski definition) is 2. The van der Waals surface area contributed by atoms with Crippen LogP contribution in [-0.4, -0.2) is 52.3 Å². The van der Waals surface area contributed by atoms with E-state index in [1.54, 1.807) is 25.4 Å². The number of likely N-dealkylation sites (N-methyl/N-ethyl adjacent to an activating group) is 1. The lowest BCUT2D eigenvalue weighted by atomic mass is 10.2. The Morgan fingerprint density at radius 1 is 1.24 bits per heavy atom. The molecule has 0 spiro atoms. The molecule has 7 nitrogen and oxygen atoms in total. The highest BCUT2D eigenvalue weighted by Gasteiger charge is 2.17.